The average Bonchev–Trinajstić information content (AvgIpc) is 2.90. The van der Waals surface area contributed by atoms with Crippen molar-refractivity contribution in [3.05, 3.63) is 65.9 Å². The van der Waals surface area contributed by atoms with Crippen LogP contribution in [-0.4, -0.2) is 60.0 Å². The molecule has 1 saturated heterocycles. The third kappa shape index (κ3) is 7.08. The molecule has 0 aliphatic carbocycles. The maximum atomic E-state index is 13.3. The summed E-state index contributed by atoms with van der Waals surface area (Å²) in [5, 5.41) is 10.3. The van der Waals surface area contributed by atoms with Crippen molar-refractivity contribution in [1.29, 1.82) is 0 Å². The van der Waals surface area contributed by atoms with Crippen LogP contribution in [0.1, 0.15) is 38.4 Å². The van der Waals surface area contributed by atoms with Crippen molar-refractivity contribution in [3.63, 3.8) is 0 Å². The van der Waals surface area contributed by atoms with Crippen molar-refractivity contribution in [2.75, 3.05) is 18.8 Å². The molecule has 0 unspecified atom stereocenters. The molecular formula is C29H35N3O7S. The van der Waals surface area contributed by atoms with Gasteiger partial charge in [0.2, 0.25) is 5.91 Å². The molecule has 4 rings (SSSR count). The van der Waals surface area contributed by atoms with Crippen LogP contribution >= 0.6 is 0 Å². The highest BCUT2D eigenvalue weighted by Gasteiger charge is 2.39. The Balaban J connectivity index is 1.43. The number of hydrogen-bond acceptors (Lipinski definition) is 8. The highest BCUT2D eigenvalue weighted by atomic mass is 32.2. The standard InChI is InChI=1S/C29H35N3O7S/c1-19-15-21(24-7-5-6-8-26(24)30-19)17-38-22-9-11-23(12-10-22)40(36,37)18-20-13-14-32(16-25(20)27(33)31-35)28(34)39-29(2,3)4/h5-12,15,20,25,35H,13-14,16-18H2,1-4H3,(H,31,33)/t20-,25-/m0/s1. The number of piperidine rings is 1. The van der Waals surface area contributed by atoms with Crippen LogP contribution in [0.4, 0.5) is 4.79 Å². The van der Waals surface area contributed by atoms with Gasteiger partial charge in [-0.1, -0.05) is 18.2 Å². The smallest absolute Gasteiger partial charge is 0.410 e. The summed E-state index contributed by atoms with van der Waals surface area (Å²) in [5.74, 6) is -2.05. The van der Waals surface area contributed by atoms with E-state index in [0.717, 1.165) is 22.2 Å². The second-order valence-electron chi connectivity index (χ2n) is 11.0. The number of carbonyl (C=O) groups is 2. The van der Waals surface area contributed by atoms with Gasteiger partial charge < -0.3 is 14.4 Å². The van der Waals surface area contributed by atoms with Gasteiger partial charge in [-0.25, -0.2) is 18.7 Å². The molecule has 3 aromatic rings. The van der Waals surface area contributed by atoms with Crippen LogP contribution in [0.5, 0.6) is 5.75 Å². The number of benzene rings is 2. The molecule has 2 heterocycles. The summed E-state index contributed by atoms with van der Waals surface area (Å²) < 4.78 is 37.9. The number of pyridine rings is 1. The molecule has 11 heteroatoms. The number of fused-ring (bicyclic) bond motifs is 1. The van der Waals surface area contributed by atoms with E-state index in [4.69, 9.17) is 9.47 Å². The summed E-state index contributed by atoms with van der Waals surface area (Å²) in [6, 6.07) is 15.9. The quantitative estimate of drug-likeness (QED) is 0.318. The summed E-state index contributed by atoms with van der Waals surface area (Å²) in [6.45, 7) is 7.61. The van der Waals surface area contributed by atoms with Gasteiger partial charge in [0, 0.05) is 29.7 Å². The third-order valence-corrected chi connectivity index (χ3v) is 8.65. The number of aryl methyl sites for hydroxylation is 1. The lowest BCUT2D eigenvalue weighted by Gasteiger charge is -2.37. The molecule has 1 aliphatic heterocycles. The number of nitrogens with one attached hydrogen (secondary N) is 1. The second kappa shape index (κ2) is 11.8. The molecule has 10 nitrogen and oxygen atoms in total. The molecule has 2 atom stereocenters. The predicted octanol–water partition coefficient (Wildman–Crippen LogP) is 4.27. The number of carbonyl (C=O) groups excluding carboxylic acids is 2. The fourth-order valence-corrected chi connectivity index (χ4v) is 6.57. The topological polar surface area (TPSA) is 135 Å². The van der Waals surface area contributed by atoms with Gasteiger partial charge >= 0.3 is 6.09 Å². The first-order valence-electron chi connectivity index (χ1n) is 13.1. The Morgan fingerprint density at radius 1 is 1.12 bits per heavy atom. The summed E-state index contributed by atoms with van der Waals surface area (Å²) in [4.78, 5) is 31.0. The number of sulfone groups is 1. The Hall–Kier alpha value is -3.70. The minimum Gasteiger partial charge on any atom is -0.489 e. The van der Waals surface area contributed by atoms with Gasteiger partial charge in [-0.3, -0.25) is 15.0 Å². The number of aromatic nitrogens is 1. The lowest BCUT2D eigenvalue weighted by molar-refractivity contribution is -0.136. The number of hydrogen-bond donors (Lipinski definition) is 2. The van der Waals surface area contributed by atoms with Crippen molar-refractivity contribution in [3.8, 4) is 5.75 Å². The Kier molecular flexibility index (Phi) is 8.65. The zero-order valence-electron chi connectivity index (χ0n) is 23.1. The van der Waals surface area contributed by atoms with Crippen LogP contribution in [0.2, 0.25) is 0 Å². The monoisotopic (exact) mass is 569 g/mol. The van der Waals surface area contributed by atoms with Crippen LogP contribution in [0.3, 0.4) is 0 Å². The minimum absolute atomic E-state index is 0.0581. The summed E-state index contributed by atoms with van der Waals surface area (Å²) in [6.07, 6.45) is -0.327. The normalized spacial score (nSPS) is 17.9. The molecule has 2 aromatic carbocycles. The highest BCUT2D eigenvalue weighted by Crippen LogP contribution is 2.30. The molecule has 1 aromatic heterocycles. The highest BCUT2D eigenvalue weighted by molar-refractivity contribution is 7.91. The molecule has 0 saturated carbocycles. The lowest BCUT2D eigenvalue weighted by atomic mass is 9.86. The fourth-order valence-electron chi connectivity index (χ4n) is 4.87. The number of rotatable bonds is 7. The number of likely N-dealkylation sites (tertiary alicyclic amines) is 1. The zero-order chi connectivity index (χ0) is 29.1. The van der Waals surface area contributed by atoms with E-state index < -0.39 is 39.3 Å². The number of amides is 2. The molecule has 0 bridgehead atoms. The first-order chi connectivity index (χ1) is 18.9. The molecule has 1 fully saturated rings. The van der Waals surface area contributed by atoms with Gasteiger partial charge in [-0.05, 0) is 76.4 Å². The first kappa shape index (κ1) is 29.3. The maximum absolute atomic E-state index is 13.3. The molecule has 2 N–H and O–H groups in total. The van der Waals surface area contributed by atoms with Gasteiger partial charge in [0.1, 0.15) is 18.0 Å². The van der Waals surface area contributed by atoms with Gasteiger partial charge in [0.05, 0.1) is 22.1 Å². The van der Waals surface area contributed by atoms with E-state index in [0.29, 0.717) is 12.4 Å². The molecular weight excluding hydrogens is 534 g/mol. The molecule has 40 heavy (non-hydrogen) atoms. The van der Waals surface area contributed by atoms with Crippen molar-refractivity contribution in [2.45, 2.75) is 51.2 Å². The van der Waals surface area contributed by atoms with E-state index in [9.17, 15) is 23.2 Å². The van der Waals surface area contributed by atoms with Gasteiger partial charge in [-0.2, -0.15) is 0 Å². The second-order valence-corrected chi connectivity index (χ2v) is 13.1. The van der Waals surface area contributed by atoms with E-state index in [2.05, 4.69) is 4.98 Å². The van der Waals surface area contributed by atoms with Gasteiger partial charge in [0.15, 0.2) is 9.84 Å². The van der Waals surface area contributed by atoms with Crippen LogP contribution < -0.4 is 10.2 Å². The average molecular weight is 570 g/mol. The molecule has 2 amide bonds. The summed E-state index contributed by atoms with van der Waals surface area (Å²) in [5.41, 5.74) is 3.64. The largest absolute Gasteiger partial charge is 0.489 e. The van der Waals surface area contributed by atoms with E-state index in [1.165, 1.54) is 17.0 Å². The minimum atomic E-state index is -3.78. The van der Waals surface area contributed by atoms with Crippen molar-refractivity contribution >= 4 is 32.7 Å². The SMILES string of the molecule is Cc1cc(COc2ccc(S(=O)(=O)C[C@@H]3CCN(C(=O)OC(C)(C)C)C[C@@H]3C(=O)NO)cc2)c2ccccc2n1. The van der Waals surface area contributed by atoms with Crippen LogP contribution in [0.15, 0.2) is 59.5 Å². The van der Waals surface area contributed by atoms with E-state index in [1.54, 1.807) is 38.4 Å². The Morgan fingerprint density at radius 2 is 1.82 bits per heavy atom. The fraction of sp³-hybridized carbons (Fsp3) is 0.414. The Morgan fingerprint density at radius 3 is 2.50 bits per heavy atom. The van der Waals surface area contributed by atoms with E-state index in [-0.39, 0.29) is 30.2 Å². The lowest BCUT2D eigenvalue weighted by Crippen LogP contribution is -2.51. The van der Waals surface area contributed by atoms with Crippen molar-refractivity contribution < 1.29 is 32.7 Å². The number of nitrogens with zero attached hydrogens (tertiary/aromatic N) is 2. The Bertz CT molecular complexity index is 1480. The number of ether oxygens (including phenoxy) is 2. The van der Waals surface area contributed by atoms with Gasteiger partial charge in [0.25, 0.3) is 0 Å². The molecule has 214 valence electrons. The summed E-state index contributed by atoms with van der Waals surface area (Å²) in [7, 11) is -3.78. The van der Waals surface area contributed by atoms with Crippen molar-refractivity contribution in [1.82, 2.24) is 15.4 Å². The maximum Gasteiger partial charge on any atom is 0.410 e. The molecule has 0 radical (unpaired) electrons. The third-order valence-electron chi connectivity index (χ3n) is 6.80. The Labute approximate surface area is 234 Å². The number of hydroxylamine groups is 1. The number of para-hydroxylation sites is 1. The zero-order valence-corrected chi connectivity index (χ0v) is 23.9. The van der Waals surface area contributed by atoms with Crippen LogP contribution in [-0.2, 0) is 26.0 Å². The van der Waals surface area contributed by atoms with E-state index >= 15 is 0 Å². The van der Waals surface area contributed by atoms with Crippen molar-refractivity contribution in [2.24, 2.45) is 11.8 Å². The van der Waals surface area contributed by atoms with Crippen LogP contribution in [0, 0.1) is 18.8 Å². The molecule has 1 aliphatic rings. The van der Waals surface area contributed by atoms with Crippen LogP contribution in [0.25, 0.3) is 10.9 Å². The molecule has 0 spiro atoms. The predicted molar refractivity (Wildman–Crippen MR) is 149 cm³/mol. The first-order valence-corrected chi connectivity index (χ1v) is 14.7. The van der Waals surface area contributed by atoms with Gasteiger partial charge in [-0.15, -0.1) is 0 Å². The van der Waals surface area contributed by atoms with E-state index in [1.807, 2.05) is 37.3 Å². The summed E-state index contributed by atoms with van der Waals surface area (Å²) >= 11 is 0.